The topological polar surface area (TPSA) is 87.7 Å². The first-order valence-corrected chi connectivity index (χ1v) is 9.18. The normalized spacial score (nSPS) is 25.6. The van der Waals surface area contributed by atoms with Gasteiger partial charge in [0, 0.05) is 25.4 Å². The zero-order valence-electron chi connectivity index (χ0n) is 14.6. The maximum absolute atomic E-state index is 12.5. The van der Waals surface area contributed by atoms with Crippen LogP contribution in [0.5, 0.6) is 5.75 Å². The van der Waals surface area contributed by atoms with Crippen molar-refractivity contribution in [3.05, 3.63) is 29.8 Å². The smallest absolute Gasteiger partial charge is 0.255 e. The number of hydrogen-bond donors (Lipinski definition) is 2. The molecule has 1 atom stereocenters. The second-order valence-electron chi connectivity index (χ2n) is 7.37. The Balaban J connectivity index is 1.47. The van der Waals surface area contributed by atoms with Gasteiger partial charge < -0.3 is 20.3 Å². The molecule has 2 N–H and O–H groups in total. The minimum atomic E-state index is -0.625. The van der Waals surface area contributed by atoms with Crippen molar-refractivity contribution in [2.75, 3.05) is 19.6 Å². The second-order valence-corrected chi connectivity index (χ2v) is 7.37. The molecule has 1 aliphatic carbocycles. The molecule has 7 nitrogen and oxygen atoms in total. The van der Waals surface area contributed by atoms with Gasteiger partial charge in [-0.1, -0.05) is 12.1 Å². The first-order valence-electron chi connectivity index (χ1n) is 9.18. The molecule has 0 bridgehead atoms. The van der Waals surface area contributed by atoms with E-state index in [0.29, 0.717) is 43.7 Å². The molecule has 3 amide bonds. The molecular weight excluding hydrogens is 334 g/mol. The number of para-hydroxylation sites is 1. The third-order valence-electron chi connectivity index (χ3n) is 5.29. The van der Waals surface area contributed by atoms with Gasteiger partial charge >= 0.3 is 0 Å². The van der Waals surface area contributed by atoms with Crippen LogP contribution in [-0.4, -0.2) is 53.9 Å². The fourth-order valence-electron chi connectivity index (χ4n) is 3.55. The monoisotopic (exact) mass is 357 g/mol. The fourth-order valence-corrected chi connectivity index (χ4v) is 3.55. The minimum Gasteiger partial charge on any atom is -0.485 e. The molecule has 2 heterocycles. The summed E-state index contributed by atoms with van der Waals surface area (Å²) >= 11 is 0. The number of nitrogens with zero attached hydrogens (tertiary/aromatic N) is 1. The average Bonchev–Trinajstić information content (AvgIpc) is 3.46. The molecule has 0 radical (unpaired) electrons. The number of carbonyl (C=O) groups excluding carboxylic acids is 3. The lowest BCUT2D eigenvalue weighted by molar-refractivity contribution is -0.135. The molecule has 0 aromatic heterocycles. The molecule has 1 saturated carbocycles. The number of carbonyl (C=O) groups is 3. The van der Waals surface area contributed by atoms with Crippen LogP contribution in [0.4, 0.5) is 0 Å². The van der Waals surface area contributed by atoms with Gasteiger partial charge in [0.2, 0.25) is 11.8 Å². The number of rotatable bonds is 3. The zero-order chi connectivity index (χ0) is 18.1. The van der Waals surface area contributed by atoms with Gasteiger partial charge in [-0.2, -0.15) is 0 Å². The maximum atomic E-state index is 12.5. The number of amides is 3. The number of fused-ring (bicyclic) bond motifs is 1. The number of ether oxygens (including phenoxy) is 1. The van der Waals surface area contributed by atoms with E-state index < -0.39 is 5.60 Å². The Morgan fingerprint density at radius 3 is 2.88 bits per heavy atom. The van der Waals surface area contributed by atoms with Gasteiger partial charge in [-0.3, -0.25) is 14.4 Å². The summed E-state index contributed by atoms with van der Waals surface area (Å²) in [7, 11) is 0. The van der Waals surface area contributed by atoms with E-state index in [-0.39, 0.29) is 30.3 Å². The molecule has 1 aromatic carbocycles. The van der Waals surface area contributed by atoms with Gasteiger partial charge in [0.05, 0.1) is 18.7 Å². The van der Waals surface area contributed by atoms with Crippen molar-refractivity contribution >= 4 is 17.7 Å². The van der Waals surface area contributed by atoms with E-state index in [0.717, 1.165) is 12.8 Å². The van der Waals surface area contributed by atoms with Crippen molar-refractivity contribution in [3.8, 4) is 5.75 Å². The fraction of sp³-hybridized carbons (Fsp3) is 0.526. The molecular formula is C19H23N3O4. The molecule has 3 aliphatic rings. The number of hydrogen-bond acceptors (Lipinski definition) is 4. The van der Waals surface area contributed by atoms with Crippen LogP contribution in [0.1, 0.15) is 42.5 Å². The number of benzene rings is 1. The van der Waals surface area contributed by atoms with Crippen molar-refractivity contribution in [2.24, 2.45) is 0 Å². The molecule has 1 saturated heterocycles. The van der Waals surface area contributed by atoms with Crippen LogP contribution in [0.3, 0.4) is 0 Å². The quantitative estimate of drug-likeness (QED) is 0.839. The molecule has 7 heteroatoms. The molecule has 2 aliphatic heterocycles. The lowest BCUT2D eigenvalue weighted by atomic mass is 9.94. The van der Waals surface area contributed by atoms with E-state index >= 15 is 0 Å². The SMILES string of the molecule is O=C(CN1CC[C@]2(CCC1=O)CNC(=O)c1ccccc1O2)NC1CC1. The molecule has 1 spiro atoms. The van der Waals surface area contributed by atoms with E-state index in [4.69, 9.17) is 4.74 Å². The first kappa shape index (κ1) is 16.9. The van der Waals surface area contributed by atoms with Crippen LogP contribution in [0.2, 0.25) is 0 Å². The summed E-state index contributed by atoms with van der Waals surface area (Å²) in [6, 6.07) is 7.45. The Hall–Kier alpha value is -2.57. The van der Waals surface area contributed by atoms with Crippen molar-refractivity contribution in [1.82, 2.24) is 15.5 Å². The van der Waals surface area contributed by atoms with E-state index in [2.05, 4.69) is 10.6 Å². The van der Waals surface area contributed by atoms with Crippen molar-refractivity contribution in [2.45, 2.75) is 43.7 Å². The summed E-state index contributed by atoms with van der Waals surface area (Å²) in [4.78, 5) is 38.4. The van der Waals surface area contributed by atoms with Gasteiger partial charge in [-0.05, 0) is 31.4 Å². The summed E-state index contributed by atoms with van der Waals surface area (Å²) in [5, 5.41) is 5.84. The molecule has 2 fully saturated rings. The lowest BCUT2D eigenvalue weighted by Gasteiger charge is -2.32. The van der Waals surface area contributed by atoms with Crippen LogP contribution >= 0.6 is 0 Å². The van der Waals surface area contributed by atoms with Crippen molar-refractivity contribution in [1.29, 1.82) is 0 Å². The predicted octanol–water partition coefficient (Wildman–Crippen LogP) is 0.839. The molecule has 138 valence electrons. The van der Waals surface area contributed by atoms with Crippen LogP contribution in [0.15, 0.2) is 24.3 Å². The highest BCUT2D eigenvalue weighted by Gasteiger charge is 2.40. The Labute approximate surface area is 152 Å². The summed E-state index contributed by atoms with van der Waals surface area (Å²) in [5.74, 6) is 0.251. The average molecular weight is 357 g/mol. The van der Waals surface area contributed by atoms with Crippen molar-refractivity contribution < 1.29 is 19.1 Å². The Morgan fingerprint density at radius 2 is 2.08 bits per heavy atom. The van der Waals surface area contributed by atoms with E-state index in [1.807, 2.05) is 6.07 Å². The molecule has 0 unspecified atom stereocenters. The molecule has 4 rings (SSSR count). The maximum Gasteiger partial charge on any atom is 0.255 e. The highest BCUT2D eigenvalue weighted by molar-refractivity contribution is 5.97. The largest absolute Gasteiger partial charge is 0.485 e. The summed E-state index contributed by atoms with van der Waals surface area (Å²) in [6.07, 6.45) is 3.44. The third-order valence-corrected chi connectivity index (χ3v) is 5.29. The van der Waals surface area contributed by atoms with Gasteiger partial charge in [-0.15, -0.1) is 0 Å². The Kier molecular flexibility index (Phi) is 4.30. The summed E-state index contributed by atoms with van der Waals surface area (Å²) < 4.78 is 6.25. The van der Waals surface area contributed by atoms with Crippen LogP contribution < -0.4 is 15.4 Å². The van der Waals surface area contributed by atoms with Gasteiger partial charge in [0.1, 0.15) is 11.4 Å². The van der Waals surface area contributed by atoms with Crippen LogP contribution in [-0.2, 0) is 9.59 Å². The summed E-state index contributed by atoms with van der Waals surface area (Å²) in [5.41, 5.74) is -0.111. The van der Waals surface area contributed by atoms with E-state index in [9.17, 15) is 14.4 Å². The zero-order valence-corrected chi connectivity index (χ0v) is 14.6. The Morgan fingerprint density at radius 1 is 1.27 bits per heavy atom. The summed E-state index contributed by atoms with van der Waals surface area (Å²) in [6.45, 7) is 0.888. The third kappa shape index (κ3) is 3.52. The Bertz CT molecular complexity index is 746. The molecule has 26 heavy (non-hydrogen) atoms. The van der Waals surface area contributed by atoms with Crippen LogP contribution in [0, 0.1) is 0 Å². The van der Waals surface area contributed by atoms with Crippen molar-refractivity contribution in [3.63, 3.8) is 0 Å². The van der Waals surface area contributed by atoms with Gasteiger partial charge in [0.25, 0.3) is 5.91 Å². The lowest BCUT2D eigenvalue weighted by Crippen LogP contribution is -2.46. The highest BCUT2D eigenvalue weighted by atomic mass is 16.5. The van der Waals surface area contributed by atoms with Gasteiger partial charge in [-0.25, -0.2) is 0 Å². The van der Waals surface area contributed by atoms with E-state index in [1.54, 1.807) is 23.1 Å². The predicted molar refractivity (Wildman–Crippen MR) is 93.7 cm³/mol. The number of likely N-dealkylation sites (tertiary alicyclic amines) is 1. The van der Waals surface area contributed by atoms with Crippen LogP contribution in [0.25, 0.3) is 0 Å². The number of nitrogens with one attached hydrogen (secondary N) is 2. The first-order chi connectivity index (χ1) is 12.5. The highest BCUT2D eigenvalue weighted by Crippen LogP contribution is 2.33. The van der Waals surface area contributed by atoms with E-state index in [1.165, 1.54) is 0 Å². The minimum absolute atomic E-state index is 0.0414. The second kappa shape index (κ2) is 6.63. The standard InChI is InChI=1S/C19H23N3O4/c23-16(21-13-5-6-13)11-22-10-9-19(8-7-17(22)24)12-20-18(25)14-3-1-2-4-15(14)26-19/h1-4,13H,5-12H2,(H,20,25)(H,21,23)/t19-/m1/s1. The molecule has 1 aromatic rings. The van der Waals surface area contributed by atoms with Gasteiger partial charge in [0.15, 0.2) is 0 Å².